The van der Waals surface area contributed by atoms with Crippen LogP contribution in [0, 0.1) is 11.2 Å². The van der Waals surface area contributed by atoms with Crippen molar-refractivity contribution in [3.05, 3.63) is 34.1 Å². The molecule has 2 rings (SSSR count). The van der Waals surface area contributed by atoms with Gasteiger partial charge in [0.2, 0.25) is 0 Å². The van der Waals surface area contributed by atoms with Crippen molar-refractivity contribution in [2.24, 2.45) is 5.41 Å². The number of hydrogen-bond donors (Lipinski definition) is 2. The van der Waals surface area contributed by atoms with Gasteiger partial charge in [-0.1, -0.05) is 18.9 Å². The fourth-order valence-electron chi connectivity index (χ4n) is 2.64. The van der Waals surface area contributed by atoms with Crippen molar-refractivity contribution in [2.75, 3.05) is 13.2 Å². The second kappa shape index (κ2) is 6.13. The first-order chi connectivity index (χ1) is 8.65. The molecule has 1 aromatic carbocycles. The van der Waals surface area contributed by atoms with E-state index in [1.165, 1.54) is 18.9 Å². The Bertz CT molecular complexity index is 405. The smallest absolute Gasteiger partial charge is 0.137 e. The van der Waals surface area contributed by atoms with E-state index in [4.69, 9.17) is 0 Å². The first-order valence-electron chi connectivity index (χ1n) is 6.41. The molecule has 100 valence electrons. The molecule has 0 aromatic heterocycles. The maximum Gasteiger partial charge on any atom is 0.137 e. The Kier molecular flexibility index (Phi) is 4.76. The zero-order valence-corrected chi connectivity index (χ0v) is 12.0. The average Bonchev–Trinajstić information content (AvgIpc) is 2.83. The van der Waals surface area contributed by atoms with E-state index < -0.39 is 0 Å². The Balaban J connectivity index is 1.86. The summed E-state index contributed by atoms with van der Waals surface area (Å²) in [4.78, 5) is 0. The van der Waals surface area contributed by atoms with Crippen molar-refractivity contribution in [2.45, 2.75) is 32.2 Å². The molecule has 0 heterocycles. The van der Waals surface area contributed by atoms with E-state index in [9.17, 15) is 9.50 Å². The summed E-state index contributed by atoms with van der Waals surface area (Å²) in [7, 11) is 0. The van der Waals surface area contributed by atoms with E-state index in [1.54, 1.807) is 6.07 Å². The standard InChI is InChI=1S/C14H19BrFNO/c15-12-4-3-11(7-13(12)16)8-17-9-14(10-18)5-1-2-6-14/h3-4,7,17-18H,1-2,5-6,8-10H2. The van der Waals surface area contributed by atoms with Gasteiger partial charge in [0.15, 0.2) is 0 Å². The van der Waals surface area contributed by atoms with Crippen LogP contribution < -0.4 is 5.32 Å². The van der Waals surface area contributed by atoms with Gasteiger partial charge in [0.1, 0.15) is 5.82 Å². The number of nitrogens with one attached hydrogen (secondary N) is 1. The molecular weight excluding hydrogens is 297 g/mol. The van der Waals surface area contributed by atoms with Crippen LogP contribution in [0.1, 0.15) is 31.2 Å². The van der Waals surface area contributed by atoms with Gasteiger partial charge in [0, 0.05) is 25.1 Å². The van der Waals surface area contributed by atoms with E-state index in [1.807, 2.05) is 6.07 Å². The van der Waals surface area contributed by atoms with Gasteiger partial charge in [-0.05, 0) is 46.5 Å². The van der Waals surface area contributed by atoms with E-state index in [2.05, 4.69) is 21.2 Å². The highest BCUT2D eigenvalue weighted by atomic mass is 79.9. The van der Waals surface area contributed by atoms with E-state index in [0.717, 1.165) is 24.9 Å². The third-order valence-electron chi connectivity index (χ3n) is 3.81. The van der Waals surface area contributed by atoms with Gasteiger partial charge < -0.3 is 10.4 Å². The van der Waals surface area contributed by atoms with Crippen molar-refractivity contribution in [1.82, 2.24) is 5.32 Å². The van der Waals surface area contributed by atoms with Crippen LogP contribution in [-0.2, 0) is 6.54 Å². The molecule has 0 radical (unpaired) electrons. The predicted molar refractivity (Wildman–Crippen MR) is 73.8 cm³/mol. The fourth-order valence-corrected chi connectivity index (χ4v) is 2.88. The van der Waals surface area contributed by atoms with Gasteiger partial charge in [0.25, 0.3) is 0 Å². The summed E-state index contributed by atoms with van der Waals surface area (Å²) in [6.45, 7) is 1.70. The Morgan fingerprint density at radius 3 is 2.67 bits per heavy atom. The van der Waals surface area contributed by atoms with E-state index >= 15 is 0 Å². The second-order valence-electron chi connectivity index (χ2n) is 5.22. The average molecular weight is 316 g/mol. The molecule has 2 nitrogen and oxygen atoms in total. The zero-order chi connectivity index (χ0) is 13.0. The second-order valence-corrected chi connectivity index (χ2v) is 6.07. The molecule has 1 aromatic rings. The Morgan fingerprint density at radius 2 is 2.06 bits per heavy atom. The lowest BCUT2D eigenvalue weighted by Gasteiger charge is -2.26. The molecule has 1 aliphatic carbocycles. The lowest BCUT2D eigenvalue weighted by atomic mass is 9.87. The zero-order valence-electron chi connectivity index (χ0n) is 10.4. The maximum absolute atomic E-state index is 13.3. The lowest BCUT2D eigenvalue weighted by molar-refractivity contribution is 0.128. The molecule has 0 unspecified atom stereocenters. The highest BCUT2D eigenvalue weighted by Gasteiger charge is 2.32. The predicted octanol–water partition coefficient (Wildman–Crippen LogP) is 3.23. The summed E-state index contributed by atoms with van der Waals surface area (Å²) >= 11 is 3.14. The molecule has 0 spiro atoms. The first-order valence-corrected chi connectivity index (χ1v) is 7.20. The first kappa shape index (κ1) is 14.0. The molecule has 0 saturated heterocycles. The molecule has 0 aliphatic heterocycles. The third kappa shape index (κ3) is 3.31. The van der Waals surface area contributed by atoms with E-state index in [0.29, 0.717) is 11.0 Å². The summed E-state index contributed by atoms with van der Waals surface area (Å²) in [5, 5.41) is 12.8. The summed E-state index contributed by atoms with van der Waals surface area (Å²) in [5.74, 6) is -0.230. The van der Waals surface area contributed by atoms with Crippen LogP contribution in [0.4, 0.5) is 4.39 Å². The maximum atomic E-state index is 13.3. The molecule has 0 amide bonds. The normalized spacial score (nSPS) is 18.2. The minimum absolute atomic E-state index is 0.0495. The van der Waals surface area contributed by atoms with Gasteiger partial charge in [-0.15, -0.1) is 0 Å². The largest absolute Gasteiger partial charge is 0.396 e. The molecule has 1 fully saturated rings. The van der Waals surface area contributed by atoms with Gasteiger partial charge >= 0.3 is 0 Å². The van der Waals surface area contributed by atoms with Gasteiger partial charge in [-0.3, -0.25) is 0 Å². The van der Waals surface area contributed by atoms with Crippen LogP contribution in [0.5, 0.6) is 0 Å². The Hall–Kier alpha value is -0.450. The third-order valence-corrected chi connectivity index (χ3v) is 4.46. The number of benzene rings is 1. The van der Waals surface area contributed by atoms with Crippen LogP contribution in [-0.4, -0.2) is 18.3 Å². The number of halogens is 2. The van der Waals surface area contributed by atoms with Gasteiger partial charge in [-0.2, -0.15) is 0 Å². The molecule has 4 heteroatoms. The van der Waals surface area contributed by atoms with Crippen molar-refractivity contribution >= 4 is 15.9 Å². The summed E-state index contributed by atoms with van der Waals surface area (Å²) in [6.07, 6.45) is 4.58. The van der Waals surface area contributed by atoms with E-state index in [-0.39, 0.29) is 17.8 Å². The van der Waals surface area contributed by atoms with Crippen molar-refractivity contribution in [3.8, 4) is 0 Å². The SMILES string of the molecule is OCC1(CNCc2ccc(Br)c(F)c2)CCCC1. The molecular formula is C14H19BrFNO. The minimum atomic E-state index is -0.230. The molecule has 1 saturated carbocycles. The van der Waals surface area contributed by atoms with Gasteiger partial charge in [0.05, 0.1) is 4.47 Å². The number of hydrogen-bond acceptors (Lipinski definition) is 2. The number of aliphatic hydroxyl groups excluding tert-OH is 1. The molecule has 18 heavy (non-hydrogen) atoms. The molecule has 0 atom stereocenters. The van der Waals surface area contributed by atoms with Crippen molar-refractivity contribution < 1.29 is 9.50 Å². The Labute approximate surface area is 116 Å². The number of rotatable bonds is 5. The number of aliphatic hydroxyl groups is 1. The minimum Gasteiger partial charge on any atom is -0.396 e. The topological polar surface area (TPSA) is 32.3 Å². The van der Waals surface area contributed by atoms with Crippen LogP contribution >= 0.6 is 15.9 Å². The Morgan fingerprint density at radius 1 is 1.33 bits per heavy atom. The van der Waals surface area contributed by atoms with Crippen LogP contribution in [0.15, 0.2) is 22.7 Å². The molecule has 2 N–H and O–H groups in total. The highest BCUT2D eigenvalue weighted by molar-refractivity contribution is 9.10. The van der Waals surface area contributed by atoms with Crippen LogP contribution in [0.25, 0.3) is 0 Å². The van der Waals surface area contributed by atoms with Crippen molar-refractivity contribution in [3.63, 3.8) is 0 Å². The molecule has 0 bridgehead atoms. The highest BCUT2D eigenvalue weighted by Crippen LogP contribution is 2.36. The quantitative estimate of drug-likeness (QED) is 0.874. The monoisotopic (exact) mass is 315 g/mol. The van der Waals surface area contributed by atoms with Crippen molar-refractivity contribution in [1.29, 1.82) is 0 Å². The summed E-state index contributed by atoms with van der Waals surface area (Å²) in [6, 6.07) is 5.17. The van der Waals surface area contributed by atoms with Crippen LogP contribution in [0.3, 0.4) is 0 Å². The fraction of sp³-hybridized carbons (Fsp3) is 0.571. The van der Waals surface area contributed by atoms with Crippen LogP contribution in [0.2, 0.25) is 0 Å². The summed E-state index contributed by atoms with van der Waals surface area (Å²) < 4.78 is 13.8. The molecule has 1 aliphatic rings. The lowest BCUT2D eigenvalue weighted by Crippen LogP contribution is -2.34. The van der Waals surface area contributed by atoms with Gasteiger partial charge in [-0.25, -0.2) is 4.39 Å². The summed E-state index contributed by atoms with van der Waals surface area (Å²) in [5.41, 5.74) is 0.982.